The fourth-order valence-corrected chi connectivity index (χ4v) is 1.45. The zero-order valence-electron chi connectivity index (χ0n) is 9.42. The molecule has 1 rings (SSSR count). The summed E-state index contributed by atoms with van der Waals surface area (Å²) in [6, 6.07) is 7.85. The maximum Gasteiger partial charge on any atom is 0.127 e. The molecule has 0 bridgehead atoms. The van der Waals surface area contributed by atoms with E-state index in [2.05, 4.69) is 13.8 Å². The van der Waals surface area contributed by atoms with Gasteiger partial charge in [-0.3, -0.25) is 0 Å². The van der Waals surface area contributed by atoms with Crippen molar-refractivity contribution in [2.45, 2.75) is 39.8 Å². The second-order valence-corrected chi connectivity index (χ2v) is 4.47. The summed E-state index contributed by atoms with van der Waals surface area (Å²) in [5, 5.41) is 0. The van der Waals surface area contributed by atoms with E-state index in [0.29, 0.717) is 5.92 Å². The molecule has 0 aliphatic carbocycles. The largest absolute Gasteiger partial charge is 0.242 e. The van der Waals surface area contributed by atoms with Crippen LogP contribution in [0.15, 0.2) is 24.3 Å². The second-order valence-electron chi connectivity index (χ2n) is 4.47. The molecule has 0 fully saturated rings. The van der Waals surface area contributed by atoms with Crippen LogP contribution >= 0.6 is 0 Å². The van der Waals surface area contributed by atoms with Crippen LogP contribution in [0.1, 0.15) is 50.9 Å². The quantitative estimate of drug-likeness (QED) is 0.665. The zero-order valence-corrected chi connectivity index (χ0v) is 9.42. The predicted molar refractivity (Wildman–Crippen MR) is 59.2 cm³/mol. The third kappa shape index (κ3) is 2.57. The van der Waals surface area contributed by atoms with Gasteiger partial charge < -0.3 is 0 Å². The van der Waals surface area contributed by atoms with E-state index in [1.54, 1.807) is 0 Å². The molecule has 0 N–H and O–H groups in total. The van der Waals surface area contributed by atoms with E-state index < -0.39 is 6.17 Å². The average Bonchev–Trinajstić information content (AvgIpc) is 2.16. The first kappa shape index (κ1) is 11.2. The van der Waals surface area contributed by atoms with Crippen molar-refractivity contribution in [3.8, 4) is 0 Å². The van der Waals surface area contributed by atoms with E-state index in [-0.39, 0.29) is 5.92 Å². The maximum atomic E-state index is 13.6. The molecule has 1 unspecified atom stereocenters. The van der Waals surface area contributed by atoms with Gasteiger partial charge in [-0.05, 0) is 23.0 Å². The molecule has 0 nitrogen and oxygen atoms in total. The van der Waals surface area contributed by atoms with Crippen molar-refractivity contribution < 1.29 is 4.39 Å². The summed E-state index contributed by atoms with van der Waals surface area (Å²) in [5.41, 5.74) is 2.06. The summed E-state index contributed by atoms with van der Waals surface area (Å²) in [6.07, 6.45) is -0.837. The van der Waals surface area contributed by atoms with Gasteiger partial charge in [0, 0.05) is 0 Å². The molecule has 0 spiro atoms. The summed E-state index contributed by atoms with van der Waals surface area (Å²) in [4.78, 5) is 0. The first-order valence-corrected chi connectivity index (χ1v) is 5.26. The molecule has 78 valence electrons. The fourth-order valence-electron chi connectivity index (χ4n) is 1.45. The van der Waals surface area contributed by atoms with E-state index in [1.165, 1.54) is 5.56 Å². The lowest BCUT2D eigenvalue weighted by molar-refractivity contribution is 0.261. The van der Waals surface area contributed by atoms with Crippen molar-refractivity contribution in [1.82, 2.24) is 0 Å². The van der Waals surface area contributed by atoms with Gasteiger partial charge in [-0.15, -0.1) is 0 Å². The summed E-state index contributed by atoms with van der Waals surface area (Å²) < 4.78 is 13.6. The van der Waals surface area contributed by atoms with Gasteiger partial charge in [0.05, 0.1) is 0 Å². The summed E-state index contributed by atoms with van der Waals surface area (Å²) in [5.74, 6) is 0.570. The molecule has 0 saturated heterocycles. The number of benzene rings is 1. The zero-order chi connectivity index (χ0) is 10.7. The molecule has 0 radical (unpaired) electrons. The van der Waals surface area contributed by atoms with Crippen molar-refractivity contribution in [1.29, 1.82) is 0 Å². The van der Waals surface area contributed by atoms with Crippen molar-refractivity contribution in [2.24, 2.45) is 5.92 Å². The Morgan fingerprint density at radius 2 is 1.29 bits per heavy atom. The Morgan fingerprint density at radius 3 is 1.64 bits per heavy atom. The van der Waals surface area contributed by atoms with Gasteiger partial charge in [0.2, 0.25) is 0 Å². The standard InChI is InChI=1S/C13H19F/c1-9(2)11-5-7-12(8-6-11)13(14)10(3)4/h5-10,13H,1-4H3. The first-order valence-electron chi connectivity index (χ1n) is 5.26. The van der Waals surface area contributed by atoms with Crippen molar-refractivity contribution >= 4 is 0 Å². The Labute approximate surface area is 86.2 Å². The van der Waals surface area contributed by atoms with Gasteiger partial charge in [-0.2, -0.15) is 0 Å². The summed E-state index contributed by atoms with van der Waals surface area (Å²) in [6.45, 7) is 8.09. The second kappa shape index (κ2) is 4.59. The number of hydrogen-bond donors (Lipinski definition) is 0. The molecule has 0 saturated carbocycles. The lowest BCUT2D eigenvalue weighted by atomic mass is 9.96. The van der Waals surface area contributed by atoms with Crippen molar-refractivity contribution in [3.05, 3.63) is 35.4 Å². The minimum atomic E-state index is -0.837. The van der Waals surface area contributed by atoms with Crippen LogP contribution in [0.3, 0.4) is 0 Å². The number of alkyl halides is 1. The minimum absolute atomic E-state index is 0.0555. The molecule has 1 heteroatoms. The van der Waals surface area contributed by atoms with E-state index >= 15 is 0 Å². The third-order valence-corrected chi connectivity index (χ3v) is 2.51. The molecule has 0 aliphatic rings. The predicted octanol–water partition coefficient (Wildman–Crippen LogP) is 4.48. The van der Waals surface area contributed by atoms with Gasteiger partial charge in [-0.1, -0.05) is 52.0 Å². The Balaban J connectivity index is 2.83. The van der Waals surface area contributed by atoms with Crippen LogP contribution in [0.4, 0.5) is 4.39 Å². The molecule has 0 aliphatic heterocycles. The SMILES string of the molecule is CC(C)c1ccc(C(F)C(C)C)cc1. The highest BCUT2D eigenvalue weighted by Gasteiger charge is 2.13. The van der Waals surface area contributed by atoms with Crippen LogP contribution in [0.5, 0.6) is 0 Å². The van der Waals surface area contributed by atoms with Crippen LogP contribution in [0.25, 0.3) is 0 Å². The molecule has 1 aromatic rings. The normalized spacial score (nSPS) is 13.6. The molecule has 14 heavy (non-hydrogen) atoms. The molecule has 0 aromatic heterocycles. The van der Waals surface area contributed by atoms with E-state index in [4.69, 9.17) is 0 Å². The smallest absolute Gasteiger partial charge is 0.127 e. The van der Waals surface area contributed by atoms with Gasteiger partial charge in [-0.25, -0.2) is 4.39 Å². The Morgan fingerprint density at radius 1 is 0.857 bits per heavy atom. The monoisotopic (exact) mass is 194 g/mol. The fraction of sp³-hybridized carbons (Fsp3) is 0.538. The summed E-state index contributed by atoms with van der Waals surface area (Å²) >= 11 is 0. The van der Waals surface area contributed by atoms with E-state index in [9.17, 15) is 4.39 Å². The topological polar surface area (TPSA) is 0 Å². The highest BCUT2D eigenvalue weighted by atomic mass is 19.1. The highest BCUT2D eigenvalue weighted by molar-refractivity contribution is 5.26. The van der Waals surface area contributed by atoms with Gasteiger partial charge in [0.1, 0.15) is 6.17 Å². The third-order valence-electron chi connectivity index (χ3n) is 2.51. The van der Waals surface area contributed by atoms with Crippen LogP contribution < -0.4 is 0 Å². The molecule has 1 atom stereocenters. The van der Waals surface area contributed by atoms with Crippen molar-refractivity contribution in [2.75, 3.05) is 0 Å². The lowest BCUT2D eigenvalue weighted by Gasteiger charge is -2.13. The maximum absolute atomic E-state index is 13.6. The lowest BCUT2D eigenvalue weighted by Crippen LogP contribution is -2.00. The molecular weight excluding hydrogens is 175 g/mol. The van der Waals surface area contributed by atoms with Gasteiger partial charge >= 0.3 is 0 Å². The first-order chi connectivity index (χ1) is 6.52. The number of hydrogen-bond acceptors (Lipinski definition) is 0. The Kier molecular flexibility index (Phi) is 3.68. The summed E-state index contributed by atoms with van der Waals surface area (Å²) in [7, 11) is 0. The van der Waals surface area contributed by atoms with Crippen molar-refractivity contribution in [3.63, 3.8) is 0 Å². The van der Waals surface area contributed by atoms with E-state index in [1.807, 2.05) is 38.1 Å². The Hall–Kier alpha value is -0.850. The molecule has 0 amide bonds. The van der Waals surface area contributed by atoms with Crippen LogP contribution in [-0.2, 0) is 0 Å². The Bertz CT molecular complexity index is 272. The average molecular weight is 194 g/mol. The van der Waals surface area contributed by atoms with Crippen LogP contribution in [0, 0.1) is 5.92 Å². The highest BCUT2D eigenvalue weighted by Crippen LogP contribution is 2.26. The molecule has 0 heterocycles. The van der Waals surface area contributed by atoms with Gasteiger partial charge in [0.15, 0.2) is 0 Å². The minimum Gasteiger partial charge on any atom is -0.242 e. The van der Waals surface area contributed by atoms with E-state index in [0.717, 1.165) is 5.56 Å². The number of halogens is 1. The molecule has 1 aromatic carbocycles. The van der Waals surface area contributed by atoms with Crippen LogP contribution in [-0.4, -0.2) is 0 Å². The molecular formula is C13H19F. The van der Waals surface area contributed by atoms with Crippen LogP contribution in [0.2, 0.25) is 0 Å². The number of rotatable bonds is 3. The van der Waals surface area contributed by atoms with Gasteiger partial charge in [0.25, 0.3) is 0 Å².